The zero-order valence-corrected chi connectivity index (χ0v) is 38.0. The van der Waals surface area contributed by atoms with Crippen LogP contribution in [0.25, 0.3) is 0 Å². The van der Waals surface area contributed by atoms with E-state index in [1.165, 1.54) is 38.1 Å². The van der Waals surface area contributed by atoms with Crippen LogP contribution in [-0.2, 0) is 55.9 Å². The first-order valence-corrected chi connectivity index (χ1v) is 21.7. The average molecular weight is 945 g/mol. The van der Waals surface area contributed by atoms with E-state index < -0.39 is 145 Å². The van der Waals surface area contributed by atoms with E-state index in [2.05, 4.69) is 37.2 Å². The standard InChI is InChI=1S/C44H64N8O15/c1-20(2)32(42(65)46-22(5)37(45)60)52-43(66)33(21(3)4)51-41(64)29(18-31(55)56)49-40(63)27(16-24-10-8-7-9-11-24)48-38(61)23(6)47-39(62)28(17-25-12-14-26(54)15-13-25)50-44-36(59)35(58)34(57)30(19-53)67-44/h7-15,20-23,27-30,32-36,44,50,53-54,57-59H,16-19H2,1-6H3,(H2,45,60)(H,46,65)(H,47,62)(H,48,61)(H,49,63)(H,51,64)(H,52,66)(H,55,56)/t22-,23+,27-,28-,29-,30+,32-,33-,34-,35-,36+,44-/m0/s1. The maximum absolute atomic E-state index is 14.0. The Balaban J connectivity index is 1.84. The van der Waals surface area contributed by atoms with Crippen LogP contribution < -0.4 is 43.0 Å². The monoisotopic (exact) mass is 944 g/mol. The molecule has 0 saturated carbocycles. The molecule has 1 heterocycles. The second kappa shape index (κ2) is 25.6. The third kappa shape index (κ3) is 16.5. The van der Waals surface area contributed by atoms with E-state index in [1.807, 2.05) is 0 Å². The summed E-state index contributed by atoms with van der Waals surface area (Å²) >= 11 is 0. The van der Waals surface area contributed by atoms with Crippen molar-refractivity contribution in [1.29, 1.82) is 0 Å². The number of nitrogens with two attached hydrogens (primary N) is 1. The molecule has 67 heavy (non-hydrogen) atoms. The Morgan fingerprint density at radius 3 is 1.60 bits per heavy atom. The van der Waals surface area contributed by atoms with Gasteiger partial charge in [-0.3, -0.25) is 43.7 Å². The molecule has 0 spiro atoms. The van der Waals surface area contributed by atoms with Gasteiger partial charge in [0.15, 0.2) is 0 Å². The number of phenolic OH excluding ortho intramolecular Hbond substituents is 1. The first-order valence-electron chi connectivity index (χ1n) is 21.7. The number of hydrogen-bond acceptors (Lipinski definition) is 15. The minimum Gasteiger partial charge on any atom is -0.508 e. The maximum atomic E-state index is 14.0. The molecule has 0 aromatic heterocycles. The number of carboxylic acids is 1. The lowest BCUT2D eigenvalue weighted by Gasteiger charge is -2.41. The summed E-state index contributed by atoms with van der Waals surface area (Å²) < 4.78 is 5.55. The Kier molecular flexibility index (Phi) is 21.1. The Morgan fingerprint density at radius 1 is 0.582 bits per heavy atom. The third-order valence-corrected chi connectivity index (χ3v) is 10.9. The van der Waals surface area contributed by atoms with Crippen molar-refractivity contribution in [3.63, 3.8) is 0 Å². The fourth-order valence-electron chi connectivity index (χ4n) is 6.87. The highest BCUT2D eigenvalue weighted by Crippen LogP contribution is 2.21. The summed E-state index contributed by atoms with van der Waals surface area (Å²) in [6.07, 6.45) is -9.35. The van der Waals surface area contributed by atoms with Gasteiger partial charge in [0, 0.05) is 6.42 Å². The molecule has 370 valence electrons. The van der Waals surface area contributed by atoms with E-state index in [4.69, 9.17) is 10.5 Å². The van der Waals surface area contributed by atoms with Crippen molar-refractivity contribution in [2.45, 2.75) is 134 Å². The van der Waals surface area contributed by atoms with Gasteiger partial charge in [-0.1, -0.05) is 70.2 Å². The van der Waals surface area contributed by atoms with E-state index in [-0.39, 0.29) is 18.6 Å². The molecule has 3 rings (SSSR count). The number of aliphatic hydroxyl groups excluding tert-OH is 4. The van der Waals surface area contributed by atoms with E-state index in [9.17, 15) is 69.0 Å². The summed E-state index contributed by atoms with van der Waals surface area (Å²) in [6.45, 7) is 8.30. The number of nitrogens with one attached hydrogen (secondary N) is 7. The molecule has 23 nitrogen and oxygen atoms in total. The van der Waals surface area contributed by atoms with Gasteiger partial charge in [0.1, 0.15) is 72.6 Å². The molecule has 12 atom stereocenters. The number of ether oxygens (including phenoxy) is 1. The van der Waals surface area contributed by atoms with E-state index >= 15 is 0 Å². The smallest absolute Gasteiger partial charge is 0.305 e. The average Bonchev–Trinajstić information content (AvgIpc) is 3.26. The van der Waals surface area contributed by atoms with Gasteiger partial charge in [-0.05, 0) is 55.4 Å². The van der Waals surface area contributed by atoms with Gasteiger partial charge in [0.25, 0.3) is 0 Å². The molecule has 1 fully saturated rings. The Labute approximate surface area is 387 Å². The molecule has 0 unspecified atom stereocenters. The molecule has 1 saturated heterocycles. The highest BCUT2D eigenvalue weighted by molar-refractivity contribution is 5.98. The number of carbonyl (C=O) groups excluding carboxylic acids is 7. The lowest BCUT2D eigenvalue weighted by Crippen LogP contribution is -2.65. The summed E-state index contributed by atoms with van der Waals surface area (Å²) in [4.78, 5) is 106. The lowest BCUT2D eigenvalue weighted by atomic mass is 9.97. The number of carboxylic acid groups (broad SMARTS) is 1. The van der Waals surface area contributed by atoms with Crippen LogP contribution in [0.3, 0.4) is 0 Å². The summed E-state index contributed by atoms with van der Waals surface area (Å²) in [5, 5.41) is 78.2. The van der Waals surface area contributed by atoms with Crippen molar-refractivity contribution < 1.29 is 73.7 Å². The molecule has 2 aromatic rings. The van der Waals surface area contributed by atoms with Crippen molar-refractivity contribution in [1.82, 2.24) is 37.2 Å². The summed E-state index contributed by atoms with van der Waals surface area (Å²) in [7, 11) is 0. The van der Waals surface area contributed by atoms with Crippen molar-refractivity contribution in [2.24, 2.45) is 17.6 Å². The van der Waals surface area contributed by atoms with Gasteiger partial charge in [-0.25, -0.2) is 0 Å². The van der Waals surface area contributed by atoms with Gasteiger partial charge in [-0.2, -0.15) is 0 Å². The van der Waals surface area contributed by atoms with Crippen LogP contribution in [0.4, 0.5) is 0 Å². The summed E-state index contributed by atoms with van der Waals surface area (Å²) in [6, 6.07) is 4.42. The fraction of sp³-hybridized carbons (Fsp3) is 0.545. The van der Waals surface area contributed by atoms with Crippen molar-refractivity contribution in [2.75, 3.05) is 6.61 Å². The number of phenols is 1. The number of rotatable bonds is 24. The topological polar surface area (TPSA) is 377 Å². The number of aliphatic carboxylic acids is 1. The van der Waals surface area contributed by atoms with Crippen molar-refractivity contribution >= 4 is 47.3 Å². The number of aromatic hydroxyl groups is 1. The molecular weight excluding hydrogens is 881 g/mol. The quantitative estimate of drug-likeness (QED) is 0.0479. The number of amides is 7. The second-order valence-corrected chi connectivity index (χ2v) is 17.1. The van der Waals surface area contributed by atoms with Crippen molar-refractivity contribution in [3.05, 3.63) is 65.7 Å². The minimum absolute atomic E-state index is 0.0687. The van der Waals surface area contributed by atoms with Gasteiger partial charge in [-0.15, -0.1) is 0 Å². The number of benzene rings is 2. The molecule has 1 aliphatic rings. The normalized spacial score (nSPS) is 21.3. The Hall–Kier alpha value is -6.24. The van der Waals surface area contributed by atoms with Crippen LogP contribution >= 0.6 is 0 Å². The highest BCUT2D eigenvalue weighted by Gasteiger charge is 2.45. The number of carbonyl (C=O) groups is 8. The molecule has 0 aliphatic carbocycles. The van der Waals surface area contributed by atoms with Gasteiger partial charge >= 0.3 is 5.97 Å². The maximum Gasteiger partial charge on any atom is 0.305 e. The SMILES string of the molecule is CC(C)[C@H](NC(=O)[C@H](CC(=O)O)NC(=O)[C@H](Cc1ccccc1)NC(=O)[C@@H](C)NC(=O)[C@H](Cc1ccc(O)cc1)N[C@H]1O[C@H](CO)[C@H](O)[C@H](O)[C@H]1O)C(=O)N[C@H](C(=O)N[C@@H](C)C(N)=O)C(C)C. The third-order valence-electron chi connectivity index (χ3n) is 10.9. The first-order chi connectivity index (χ1) is 31.4. The number of aliphatic hydroxyl groups is 4. The molecule has 15 N–H and O–H groups in total. The van der Waals surface area contributed by atoms with Gasteiger partial charge in [0.05, 0.1) is 19.1 Å². The second-order valence-electron chi connectivity index (χ2n) is 17.1. The summed E-state index contributed by atoms with van der Waals surface area (Å²) in [5.41, 5.74) is 6.28. The number of hydrogen-bond donors (Lipinski definition) is 14. The Morgan fingerprint density at radius 2 is 1.06 bits per heavy atom. The van der Waals surface area contributed by atoms with Crippen LogP contribution in [0, 0.1) is 11.8 Å². The van der Waals surface area contributed by atoms with Crippen LogP contribution in [0.1, 0.15) is 59.1 Å². The van der Waals surface area contributed by atoms with E-state index in [1.54, 1.807) is 58.0 Å². The predicted octanol–water partition coefficient (Wildman–Crippen LogP) is -3.84. The molecular formula is C44H64N8O15. The van der Waals surface area contributed by atoms with Gasteiger partial charge in [0.2, 0.25) is 41.4 Å². The highest BCUT2D eigenvalue weighted by atomic mass is 16.6. The van der Waals surface area contributed by atoms with Crippen LogP contribution in [0.2, 0.25) is 0 Å². The Bertz CT molecular complexity index is 2020. The minimum atomic E-state index is -1.80. The fourth-order valence-corrected chi connectivity index (χ4v) is 6.87. The lowest BCUT2D eigenvalue weighted by molar-refractivity contribution is -0.238. The molecule has 2 aromatic carbocycles. The van der Waals surface area contributed by atoms with Gasteiger partial charge < -0.3 is 73.0 Å². The van der Waals surface area contributed by atoms with Crippen LogP contribution in [0.15, 0.2) is 54.6 Å². The molecule has 0 radical (unpaired) electrons. The number of primary amides is 1. The first kappa shape index (κ1) is 55.1. The zero-order chi connectivity index (χ0) is 50.3. The molecule has 23 heteroatoms. The molecule has 1 aliphatic heterocycles. The van der Waals surface area contributed by atoms with Crippen LogP contribution in [-0.4, -0.2) is 158 Å². The van der Waals surface area contributed by atoms with E-state index in [0.717, 1.165) is 0 Å². The summed E-state index contributed by atoms with van der Waals surface area (Å²) in [5.74, 6) is -8.95. The molecule has 7 amide bonds. The zero-order valence-electron chi connectivity index (χ0n) is 38.0. The van der Waals surface area contributed by atoms with E-state index in [0.29, 0.717) is 11.1 Å². The predicted molar refractivity (Wildman–Crippen MR) is 237 cm³/mol. The van der Waals surface area contributed by atoms with Crippen LogP contribution in [0.5, 0.6) is 5.75 Å². The molecule has 0 bridgehead atoms. The van der Waals surface area contributed by atoms with Crippen molar-refractivity contribution in [3.8, 4) is 5.75 Å². The largest absolute Gasteiger partial charge is 0.508 e.